The van der Waals surface area contributed by atoms with Crippen molar-refractivity contribution in [1.29, 1.82) is 0 Å². The van der Waals surface area contributed by atoms with Gasteiger partial charge in [0.25, 0.3) is 0 Å². The Bertz CT molecular complexity index is 925. The first-order valence-corrected chi connectivity index (χ1v) is 10.4. The molecule has 0 radical (unpaired) electrons. The van der Waals surface area contributed by atoms with E-state index >= 15 is 0 Å². The van der Waals surface area contributed by atoms with Gasteiger partial charge in [-0.3, -0.25) is 9.59 Å². The van der Waals surface area contributed by atoms with Crippen LogP contribution < -0.4 is 0 Å². The van der Waals surface area contributed by atoms with Gasteiger partial charge in [-0.15, -0.1) is 0 Å². The van der Waals surface area contributed by atoms with E-state index in [0.717, 1.165) is 48.5 Å². The van der Waals surface area contributed by atoms with Crippen LogP contribution in [0.3, 0.4) is 0 Å². The van der Waals surface area contributed by atoms with E-state index in [4.69, 9.17) is 4.98 Å². The molecular formula is C23H28N4O2. The molecule has 0 aliphatic carbocycles. The fraction of sp³-hybridized carbons (Fsp3) is 0.478. The van der Waals surface area contributed by atoms with Gasteiger partial charge in [-0.1, -0.05) is 29.8 Å². The van der Waals surface area contributed by atoms with Gasteiger partial charge < -0.3 is 9.80 Å². The number of aromatic nitrogens is 2. The molecule has 6 heteroatoms. The molecule has 0 saturated carbocycles. The summed E-state index contributed by atoms with van der Waals surface area (Å²) in [7, 11) is 0. The molecule has 152 valence electrons. The molecule has 0 unspecified atom stereocenters. The van der Waals surface area contributed by atoms with Crippen molar-refractivity contribution in [3.8, 4) is 0 Å². The number of nitrogens with zero attached hydrogens (tertiary/aromatic N) is 4. The van der Waals surface area contributed by atoms with Gasteiger partial charge in [0.05, 0.1) is 17.7 Å². The van der Waals surface area contributed by atoms with Crippen LogP contribution in [-0.2, 0) is 22.6 Å². The molecule has 0 bridgehead atoms. The molecule has 6 nitrogen and oxygen atoms in total. The molecular weight excluding hydrogens is 364 g/mol. The highest BCUT2D eigenvalue weighted by atomic mass is 16.2. The number of carbonyl (C=O) groups excluding carboxylic acids is 2. The number of likely N-dealkylation sites (tertiary alicyclic amines) is 1. The molecule has 2 aliphatic rings. The summed E-state index contributed by atoms with van der Waals surface area (Å²) in [5, 5.41) is 0. The first-order chi connectivity index (χ1) is 13.9. The second kappa shape index (κ2) is 7.93. The number of aryl methyl sites for hydroxylation is 1. The quantitative estimate of drug-likeness (QED) is 0.805. The summed E-state index contributed by atoms with van der Waals surface area (Å²) in [6.45, 7) is 7.64. The zero-order valence-corrected chi connectivity index (χ0v) is 17.4. The topological polar surface area (TPSA) is 66.4 Å². The maximum Gasteiger partial charge on any atom is 0.230 e. The standard InChI is InChI=1S/C23H28N4O2/c1-15-6-8-18(9-7-15)16(2)23(29)27-11-4-5-21(27)22-24-13-19-14-26(17(3)28)12-10-20(19)25-22/h6-9,13,16,21H,4-5,10-12,14H2,1-3H3/t16-,21-/m1/s1. The Labute approximate surface area is 172 Å². The molecule has 0 spiro atoms. The molecule has 1 saturated heterocycles. The smallest absolute Gasteiger partial charge is 0.230 e. The maximum absolute atomic E-state index is 13.2. The van der Waals surface area contributed by atoms with E-state index in [1.807, 2.05) is 35.1 Å². The van der Waals surface area contributed by atoms with Crippen molar-refractivity contribution in [1.82, 2.24) is 19.8 Å². The number of amides is 2. The molecule has 0 N–H and O–H groups in total. The second-order valence-electron chi connectivity index (χ2n) is 8.21. The lowest BCUT2D eigenvalue weighted by atomic mass is 9.98. The van der Waals surface area contributed by atoms with Crippen LogP contribution in [0.5, 0.6) is 0 Å². The van der Waals surface area contributed by atoms with E-state index < -0.39 is 0 Å². The molecule has 1 fully saturated rings. The van der Waals surface area contributed by atoms with Crippen molar-refractivity contribution < 1.29 is 9.59 Å². The Kier molecular flexibility index (Phi) is 5.35. The van der Waals surface area contributed by atoms with Crippen LogP contribution in [0, 0.1) is 6.92 Å². The lowest BCUT2D eigenvalue weighted by Gasteiger charge is -2.29. The number of hydrogen-bond acceptors (Lipinski definition) is 4. The van der Waals surface area contributed by atoms with Gasteiger partial charge in [0, 0.05) is 44.7 Å². The van der Waals surface area contributed by atoms with Crippen LogP contribution in [0.25, 0.3) is 0 Å². The molecule has 3 heterocycles. The molecule has 2 aromatic rings. The minimum atomic E-state index is -0.182. The van der Waals surface area contributed by atoms with E-state index in [9.17, 15) is 9.59 Å². The summed E-state index contributed by atoms with van der Waals surface area (Å²) in [4.78, 5) is 38.1. The van der Waals surface area contributed by atoms with Crippen molar-refractivity contribution >= 4 is 11.8 Å². The zero-order chi connectivity index (χ0) is 20.5. The fourth-order valence-corrected chi connectivity index (χ4v) is 4.31. The third kappa shape index (κ3) is 3.88. The van der Waals surface area contributed by atoms with Crippen LogP contribution in [-0.4, -0.2) is 44.7 Å². The lowest BCUT2D eigenvalue weighted by molar-refractivity contribution is -0.133. The van der Waals surface area contributed by atoms with Crippen LogP contribution in [0.1, 0.15) is 66.9 Å². The minimum Gasteiger partial charge on any atom is -0.338 e. The fourth-order valence-electron chi connectivity index (χ4n) is 4.31. The summed E-state index contributed by atoms with van der Waals surface area (Å²) < 4.78 is 0. The Morgan fingerprint density at radius 1 is 1.17 bits per heavy atom. The molecule has 1 aromatic carbocycles. The summed E-state index contributed by atoms with van der Waals surface area (Å²) in [6.07, 6.45) is 4.45. The Balaban J connectivity index is 1.53. The maximum atomic E-state index is 13.2. The number of rotatable bonds is 3. The summed E-state index contributed by atoms with van der Waals surface area (Å²) >= 11 is 0. The molecule has 2 atom stereocenters. The van der Waals surface area contributed by atoms with E-state index in [2.05, 4.69) is 24.0 Å². The second-order valence-corrected chi connectivity index (χ2v) is 8.21. The van der Waals surface area contributed by atoms with Gasteiger partial charge in [-0.2, -0.15) is 0 Å². The van der Waals surface area contributed by atoms with E-state index in [0.29, 0.717) is 13.1 Å². The largest absolute Gasteiger partial charge is 0.338 e. The number of carbonyl (C=O) groups is 2. The molecule has 2 aliphatic heterocycles. The number of hydrogen-bond donors (Lipinski definition) is 0. The van der Waals surface area contributed by atoms with E-state index in [-0.39, 0.29) is 23.8 Å². The Morgan fingerprint density at radius 2 is 1.93 bits per heavy atom. The normalized spacial score (nSPS) is 19.8. The van der Waals surface area contributed by atoms with Gasteiger partial charge in [-0.05, 0) is 32.3 Å². The third-order valence-corrected chi connectivity index (χ3v) is 6.18. The Morgan fingerprint density at radius 3 is 2.66 bits per heavy atom. The van der Waals surface area contributed by atoms with Crippen LogP contribution >= 0.6 is 0 Å². The summed E-state index contributed by atoms with van der Waals surface area (Å²) in [5.74, 6) is 0.776. The SMILES string of the molecule is CC(=O)N1CCc2nc([C@H]3CCCN3C(=O)[C@H](C)c3ccc(C)cc3)ncc2C1. The monoisotopic (exact) mass is 392 g/mol. The number of fused-ring (bicyclic) bond motifs is 1. The molecule has 29 heavy (non-hydrogen) atoms. The van der Waals surface area contributed by atoms with E-state index in [1.165, 1.54) is 5.56 Å². The third-order valence-electron chi connectivity index (χ3n) is 6.18. The Hall–Kier alpha value is -2.76. The number of benzene rings is 1. The van der Waals surface area contributed by atoms with Crippen molar-refractivity contribution in [3.05, 3.63) is 58.7 Å². The van der Waals surface area contributed by atoms with Crippen molar-refractivity contribution in [2.24, 2.45) is 0 Å². The zero-order valence-electron chi connectivity index (χ0n) is 17.4. The molecule has 2 amide bonds. The van der Waals surface area contributed by atoms with Crippen molar-refractivity contribution in [2.45, 2.75) is 58.5 Å². The van der Waals surface area contributed by atoms with Gasteiger partial charge >= 0.3 is 0 Å². The van der Waals surface area contributed by atoms with Gasteiger partial charge in [0.2, 0.25) is 11.8 Å². The minimum absolute atomic E-state index is 0.0634. The van der Waals surface area contributed by atoms with Crippen molar-refractivity contribution in [2.75, 3.05) is 13.1 Å². The highest BCUT2D eigenvalue weighted by Crippen LogP contribution is 2.33. The predicted octanol–water partition coefficient (Wildman–Crippen LogP) is 3.16. The average molecular weight is 393 g/mol. The highest BCUT2D eigenvalue weighted by molar-refractivity contribution is 5.84. The van der Waals surface area contributed by atoms with Crippen LogP contribution in [0.4, 0.5) is 0 Å². The van der Waals surface area contributed by atoms with Crippen LogP contribution in [0.15, 0.2) is 30.5 Å². The average Bonchev–Trinajstić information content (AvgIpc) is 3.22. The van der Waals surface area contributed by atoms with Gasteiger partial charge in [-0.25, -0.2) is 9.97 Å². The first kappa shape index (κ1) is 19.6. The van der Waals surface area contributed by atoms with E-state index in [1.54, 1.807) is 6.92 Å². The summed E-state index contributed by atoms with van der Waals surface area (Å²) in [5.41, 5.74) is 4.26. The van der Waals surface area contributed by atoms with Crippen molar-refractivity contribution in [3.63, 3.8) is 0 Å². The van der Waals surface area contributed by atoms with Crippen LogP contribution in [0.2, 0.25) is 0 Å². The molecule has 4 rings (SSSR count). The van der Waals surface area contributed by atoms with Gasteiger partial charge in [0.1, 0.15) is 0 Å². The first-order valence-electron chi connectivity index (χ1n) is 10.4. The summed E-state index contributed by atoms with van der Waals surface area (Å²) in [6, 6.07) is 8.12. The highest BCUT2D eigenvalue weighted by Gasteiger charge is 2.35. The predicted molar refractivity (Wildman–Crippen MR) is 110 cm³/mol. The molecule has 1 aromatic heterocycles. The lowest BCUT2D eigenvalue weighted by Crippen LogP contribution is -2.36. The van der Waals surface area contributed by atoms with Gasteiger partial charge in [0.15, 0.2) is 5.82 Å².